The lowest BCUT2D eigenvalue weighted by Gasteiger charge is -2.18. The zero-order chi connectivity index (χ0) is 18.8. The molecule has 2 N–H and O–H groups in total. The molecular formula is C20H26ClIN4O. The van der Waals surface area contributed by atoms with Crippen molar-refractivity contribution in [2.75, 3.05) is 20.6 Å². The average Bonchev–Trinajstić information content (AvgIpc) is 2.66. The SMILES string of the molecule is CN=C(NCCC(=O)N(C)Cc1ccccc1)NCc1ccc(Cl)cc1.I. The van der Waals surface area contributed by atoms with Crippen molar-refractivity contribution in [2.24, 2.45) is 4.99 Å². The van der Waals surface area contributed by atoms with Gasteiger partial charge in [-0.1, -0.05) is 54.1 Å². The molecule has 0 aliphatic carbocycles. The van der Waals surface area contributed by atoms with Crippen LogP contribution in [0.3, 0.4) is 0 Å². The number of hydrogen-bond donors (Lipinski definition) is 2. The number of benzene rings is 2. The molecule has 0 radical (unpaired) electrons. The lowest BCUT2D eigenvalue weighted by molar-refractivity contribution is -0.130. The molecule has 146 valence electrons. The summed E-state index contributed by atoms with van der Waals surface area (Å²) in [6.45, 7) is 1.78. The summed E-state index contributed by atoms with van der Waals surface area (Å²) in [7, 11) is 3.53. The van der Waals surface area contributed by atoms with E-state index in [-0.39, 0.29) is 29.9 Å². The first-order valence-corrected chi connectivity index (χ1v) is 8.93. The quantitative estimate of drug-likeness (QED) is 0.346. The van der Waals surface area contributed by atoms with Gasteiger partial charge in [0.25, 0.3) is 0 Å². The number of aliphatic imine (C=N–C) groups is 1. The third-order valence-electron chi connectivity index (χ3n) is 3.92. The van der Waals surface area contributed by atoms with Crippen LogP contribution in [0, 0.1) is 0 Å². The van der Waals surface area contributed by atoms with Gasteiger partial charge in [0.2, 0.25) is 5.91 Å². The third-order valence-corrected chi connectivity index (χ3v) is 4.17. The highest BCUT2D eigenvalue weighted by Gasteiger charge is 2.09. The van der Waals surface area contributed by atoms with Gasteiger partial charge in [-0.3, -0.25) is 9.79 Å². The Morgan fingerprint density at radius 1 is 1.04 bits per heavy atom. The smallest absolute Gasteiger partial charge is 0.224 e. The summed E-state index contributed by atoms with van der Waals surface area (Å²) < 4.78 is 0. The second-order valence-electron chi connectivity index (χ2n) is 5.96. The van der Waals surface area contributed by atoms with Crippen molar-refractivity contribution in [3.63, 3.8) is 0 Å². The van der Waals surface area contributed by atoms with Gasteiger partial charge in [0.1, 0.15) is 0 Å². The Balaban J connectivity index is 0.00000364. The highest BCUT2D eigenvalue weighted by Crippen LogP contribution is 2.09. The number of guanidine groups is 1. The molecule has 2 rings (SSSR count). The lowest BCUT2D eigenvalue weighted by atomic mass is 10.2. The van der Waals surface area contributed by atoms with E-state index < -0.39 is 0 Å². The molecule has 0 spiro atoms. The first-order chi connectivity index (χ1) is 12.6. The number of carbonyl (C=O) groups is 1. The molecule has 0 aliphatic heterocycles. The molecule has 0 atom stereocenters. The normalized spacial score (nSPS) is 10.7. The lowest BCUT2D eigenvalue weighted by Crippen LogP contribution is -2.39. The number of halogens is 2. The van der Waals surface area contributed by atoms with Gasteiger partial charge in [-0.05, 0) is 23.3 Å². The first kappa shape index (κ1) is 23.2. The Bertz CT molecular complexity index is 723. The van der Waals surface area contributed by atoms with Crippen molar-refractivity contribution in [3.8, 4) is 0 Å². The zero-order valence-corrected chi connectivity index (χ0v) is 18.7. The van der Waals surface area contributed by atoms with Gasteiger partial charge in [0, 0.05) is 45.2 Å². The number of carbonyl (C=O) groups excluding carboxylic acids is 1. The van der Waals surface area contributed by atoms with Crippen molar-refractivity contribution in [3.05, 3.63) is 70.7 Å². The van der Waals surface area contributed by atoms with Gasteiger partial charge in [0.05, 0.1) is 0 Å². The minimum absolute atomic E-state index is 0. The highest BCUT2D eigenvalue weighted by atomic mass is 127. The molecule has 0 saturated carbocycles. The summed E-state index contributed by atoms with van der Waals surface area (Å²) in [5.74, 6) is 0.757. The van der Waals surface area contributed by atoms with Crippen LogP contribution in [0.1, 0.15) is 17.5 Å². The maximum Gasteiger partial charge on any atom is 0.224 e. The van der Waals surface area contributed by atoms with Crippen LogP contribution in [-0.4, -0.2) is 37.4 Å². The summed E-state index contributed by atoms with van der Waals surface area (Å²) in [6, 6.07) is 17.6. The molecule has 27 heavy (non-hydrogen) atoms. The summed E-state index contributed by atoms with van der Waals surface area (Å²) in [4.78, 5) is 18.2. The minimum atomic E-state index is 0. The van der Waals surface area contributed by atoms with Crippen LogP contribution in [0.25, 0.3) is 0 Å². The van der Waals surface area contributed by atoms with Gasteiger partial charge in [-0.15, -0.1) is 24.0 Å². The predicted octanol–water partition coefficient (Wildman–Crippen LogP) is 3.67. The summed E-state index contributed by atoms with van der Waals surface area (Å²) in [5.41, 5.74) is 2.23. The van der Waals surface area contributed by atoms with Gasteiger partial charge < -0.3 is 15.5 Å². The number of nitrogens with zero attached hydrogens (tertiary/aromatic N) is 2. The van der Waals surface area contributed by atoms with Crippen LogP contribution in [-0.2, 0) is 17.9 Å². The van der Waals surface area contributed by atoms with Gasteiger partial charge in [-0.25, -0.2) is 0 Å². The topological polar surface area (TPSA) is 56.7 Å². The molecule has 0 bridgehead atoms. The Kier molecular flexibility index (Phi) is 10.8. The highest BCUT2D eigenvalue weighted by molar-refractivity contribution is 14.0. The summed E-state index contributed by atoms with van der Waals surface area (Å²) in [6.07, 6.45) is 0.408. The molecule has 0 unspecified atom stereocenters. The van der Waals surface area contributed by atoms with Crippen molar-refractivity contribution >= 4 is 47.4 Å². The van der Waals surface area contributed by atoms with E-state index >= 15 is 0 Å². The van der Waals surface area contributed by atoms with Crippen LogP contribution >= 0.6 is 35.6 Å². The molecule has 0 aliphatic rings. The van der Waals surface area contributed by atoms with E-state index in [1.807, 2.05) is 61.6 Å². The summed E-state index contributed by atoms with van der Waals surface area (Å²) >= 11 is 5.88. The van der Waals surface area contributed by atoms with Gasteiger partial charge in [-0.2, -0.15) is 0 Å². The molecule has 0 heterocycles. The van der Waals surface area contributed by atoms with Crippen LogP contribution in [0.4, 0.5) is 0 Å². The number of hydrogen-bond acceptors (Lipinski definition) is 2. The molecule has 5 nitrogen and oxygen atoms in total. The molecule has 2 aromatic rings. The molecule has 0 saturated heterocycles. The van der Waals surface area contributed by atoms with Crippen LogP contribution in [0.15, 0.2) is 59.6 Å². The fraction of sp³-hybridized carbons (Fsp3) is 0.300. The molecule has 0 fully saturated rings. The fourth-order valence-electron chi connectivity index (χ4n) is 2.43. The summed E-state index contributed by atoms with van der Waals surface area (Å²) in [5, 5.41) is 7.10. The minimum Gasteiger partial charge on any atom is -0.356 e. The van der Waals surface area contributed by atoms with E-state index in [9.17, 15) is 4.79 Å². The molecule has 0 aromatic heterocycles. The Morgan fingerprint density at radius 3 is 2.33 bits per heavy atom. The molecule has 1 amide bonds. The monoisotopic (exact) mass is 500 g/mol. The van der Waals surface area contributed by atoms with E-state index in [1.54, 1.807) is 11.9 Å². The van der Waals surface area contributed by atoms with Crippen molar-refractivity contribution in [1.82, 2.24) is 15.5 Å². The molecule has 7 heteroatoms. The van der Waals surface area contributed by atoms with E-state index in [2.05, 4.69) is 15.6 Å². The number of rotatable bonds is 7. The Hall–Kier alpha value is -1.80. The van der Waals surface area contributed by atoms with Crippen LogP contribution < -0.4 is 10.6 Å². The van der Waals surface area contributed by atoms with Gasteiger partial charge in [0.15, 0.2) is 5.96 Å². The number of amides is 1. The number of nitrogens with one attached hydrogen (secondary N) is 2. The van der Waals surface area contributed by atoms with Gasteiger partial charge >= 0.3 is 0 Å². The average molecular weight is 501 g/mol. The fourth-order valence-corrected chi connectivity index (χ4v) is 2.56. The van der Waals surface area contributed by atoms with Crippen molar-refractivity contribution in [1.29, 1.82) is 0 Å². The van der Waals surface area contributed by atoms with Crippen molar-refractivity contribution < 1.29 is 4.79 Å². The van der Waals surface area contributed by atoms with Crippen LogP contribution in [0.5, 0.6) is 0 Å². The second-order valence-corrected chi connectivity index (χ2v) is 6.40. The standard InChI is InChI=1S/C20H25ClN4O.HI/c1-22-20(24-14-16-8-10-18(21)11-9-16)23-13-12-19(26)25(2)15-17-6-4-3-5-7-17;/h3-11H,12-15H2,1-2H3,(H2,22,23,24);1H. The van der Waals surface area contributed by atoms with Crippen LogP contribution in [0.2, 0.25) is 5.02 Å². The Morgan fingerprint density at radius 2 is 1.70 bits per heavy atom. The van der Waals surface area contributed by atoms with Crippen molar-refractivity contribution in [2.45, 2.75) is 19.5 Å². The third kappa shape index (κ3) is 8.62. The Labute approximate surface area is 183 Å². The van der Waals surface area contributed by atoms with E-state index in [0.29, 0.717) is 32.0 Å². The maximum atomic E-state index is 12.2. The molecule has 2 aromatic carbocycles. The predicted molar refractivity (Wildman–Crippen MR) is 123 cm³/mol. The van der Waals surface area contributed by atoms with E-state index in [1.165, 1.54) is 0 Å². The second kappa shape index (κ2) is 12.6. The van der Waals surface area contributed by atoms with E-state index in [0.717, 1.165) is 16.1 Å². The maximum absolute atomic E-state index is 12.2. The largest absolute Gasteiger partial charge is 0.356 e. The first-order valence-electron chi connectivity index (χ1n) is 8.55. The zero-order valence-electron chi connectivity index (χ0n) is 15.6. The molecular weight excluding hydrogens is 475 g/mol. The van der Waals surface area contributed by atoms with E-state index in [4.69, 9.17) is 11.6 Å².